The van der Waals surface area contributed by atoms with Crippen LogP contribution >= 0.6 is 11.8 Å². The molecule has 1 fully saturated rings. The number of nitrogens with zero attached hydrogens (tertiary/aromatic N) is 3. The Hall–Kier alpha value is -2.65. The van der Waals surface area contributed by atoms with E-state index in [0.717, 1.165) is 24.3 Å². The number of ether oxygens (including phenoxy) is 2. The SMILES string of the molecule is COC(=O)c1ccc2c(=O)n(C[C@H]3CCCO3)c(SCc3cc(C)on3)nc2c1. The third kappa shape index (κ3) is 4.20. The first-order valence-corrected chi connectivity index (χ1v) is 10.3. The number of hydrogen-bond acceptors (Lipinski definition) is 8. The van der Waals surface area contributed by atoms with Gasteiger partial charge in [0.05, 0.1) is 41.9 Å². The standard InChI is InChI=1S/C20H21N3O5S/c1-12-8-14(22-28-12)11-29-20-21-17-9-13(19(25)26-2)5-6-16(17)18(24)23(20)10-15-4-3-7-27-15/h5-6,8-9,15H,3-4,7,10-11H2,1-2H3/t15-/m1/s1. The number of rotatable bonds is 6. The number of aromatic nitrogens is 3. The van der Waals surface area contributed by atoms with Crippen LogP contribution in [-0.2, 0) is 21.8 Å². The van der Waals surface area contributed by atoms with E-state index < -0.39 is 5.97 Å². The Balaban J connectivity index is 1.74. The lowest BCUT2D eigenvalue weighted by atomic mass is 10.1. The summed E-state index contributed by atoms with van der Waals surface area (Å²) in [7, 11) is 1.32. The van der Waals surface area contributed by atoms with E-state index in [0.29, 0.717) is 40.5 Å². The Morgan fingerprint density at radius 2 is 2.24 bits per heavy atom. The van der Waals surface area contributed by atoms with E-state index in [2.05, 4.69) is 10.1 Å². The average Bonchev–Trinajstić information content (AvgIpc) is 3.39. The molecule has 1 aromatic carbocycles. The van der Waals surface area contributed by atoms with Gasteiger partial charge in [-0.15, -0.1) is 0 Å². The predicted octanol–water partition coefficient (Wildman–Crippen LogP) is 2.95. The van der Waals surface area contributed by atoms with Gasteiger partial charge in [-0.3, -0.25) is 9.36 Å². The zero-order chi connectivity index (χ0) is 20.4. The lowest BCUT2D eigenvalue weighted by molar-refractivity contribution is 0.0601. The maximum Gasteiger partial charge on any atom is 0.337 e. The van der Waals surface area contributed by atoms with Gasteiger partial charge in [0, 0.05) is 18.4 Å². The third-order valence-corrected chi connectivity index (χ3v) is 5.79. The summed E-state index contributed by atoms with van der Waals surface area (Å²) in [5, 5.41) is 5.01. The molecule has 152 valence electrons. The molecular weight excluding hydrogens is 394 g/mol. The van der Waals surface area contributed by atoms with Gasteiger partial charge in [-0.2, -0.15) is 0 Å². The molecule has 0 unspecified atom stereocenters. The molecule has 9 heteroatoms. The van der Waals surface area contributed by atoms with Crippen molar-refractivity contribution in [3.63, 3.8) is 0 Å². The minimum Gasteiger partial charge on any atom is -0.465 e. The summed E-state index contributed by atoms with van der Waals surface area (Å²) in [6, 6.07) is 6.65. The van der Waals surface area contributed by atoms with Crippen molar-refractivity contribution in [2.45, 2.75) is 43.3 Å². The molecule has 0 spiro atoms. The normalized spacial score (nSPS) is 16.4. The van der Waals surface area contributed by atoms with E-state index in [9.17, 15) is 9.59 Å². The van der Waals surface area contributed by atoms with E-state index in [1.54, 1.807) is 22.8 Å². The number of benzene rings is 1. The van der Waals surface area contributed by atoms with Gasteiger partial charge in [0.1, 0.15) is 5.76 Å². The largest absolute Gasteiger partial charge is 0.465 e. The van der Waals surface area contributed by atoms with Gasteiger partial charge in [-0.05, 0) is 38.0 Å². The van der Waals surface area contributed by atoms with Crippen molar-refractivity contribution in [1.29, 1.82) is 0 Å². The smallest absolute Gasteiger partial charge is 0.337 e. The number of aryl methyl sites for hydroxylation is 1. The second-order valence-corrected chi connectivity index (χ2v) is 7.83. The second kappa shape index (κ2) is 8.38. The predicted molar refractivity (Wildman–Crippen MR) is 107 cm³/mol. The quantitative estimate of drug-likeness (QED) is 0.344. The fourth-order valence-corrected chi connectivity index (χ4v) is 4.22. The summed E-state index contributed by atoms with van der Waals surface area (Å²) in [5.41, 5.74) is 1.43. The number of carbonyl (C=O) groups excluding carboxylic acids is 1. The minimum absolute atomic E-state index is 0.00469. The van der Waals surface area contributed by atoms with Gasteiger partial charge < -0.3 is 14.0 Å². The molecule has 1 atom stereocenters. The fraction of sp³-hybridized carbons (Fsp3) is 0.400. The molecule has 0 radical (unpaired) electrons. The molecule has 0 aliphatic carbocycles. The summed E-state index contributed by atoms with van der Waals surface area (Å²) >= 11 is 1.40. The molecule has 1 saturated heterocycles. The maximum atomic E-state index is 13.2. The van der Waals surface area contributed by atoms with E-state index in [-0.39, 0.29) is 11.7 Å². The number of methoxy groups -OCH3 is 1. The van der Waals surface area contributed by atoms with E-state index in [1.807, 2.05) is 13.0 Å². The average molecular weight is 415 g/mol. The van der Waals surface area contributed by atoms with E-state index in [1.165, 1.54) is 18.9 Å². The third-order valence-electron chi connectivity index (χ3n) is 4.78. The first-order valence-electron chi connectivity index (χ1n) is 9.34. The molecule has 8 nitrogen and oxygen atoms in total. The van der Waals surface area contributed by atoms with Crippen LogP contribution in [0, 0.1) is 6.92 Å². The molecule has 1 aliphatic rings. The molecule has 3 heterocycles. The summed E-state index contributed by atoms with van der Waals surface area (Å²) in [4.78, 5) is 29.8. The molecule has 0 N–H and O–H groups in total. The Labute approximate surface area is 171 Å². The first kappa shape index (κ1) is 19.7. The molecule has 3 aromatic rings. The van der Waals surface area contributed by atoms with Gasteiger partial charge in [0.15, 0.2) is 5.16 Å². The van der Waals surface area contributed by atoms with Crippen LogP contribution < -0.4 is 5.56 Å². The highest BCUT2D eigenvalue weighted by atomic mass is 32.2. The highest BCUT2D eigenvalue weighted by Crippen LogP contribution is 2.24. The number of thioether (sulfide) groups is 1. The van der Waals surface area contributed by atoms with Crippen LogP contribution in [-0.4, -0.2) is 40.5 Å². The summed E-state index contributed by atoms with van der Waals surface area (Å²) < 4.78 is 17.3. The molecule has 29 heavy (non-hydrogen) atoms. The molecule has 1 aliphatic heterocycles. The second-order valence-electron chi connectivity index (χ2n) is 6.89. The van der Waals surface area contributed by atoms with Gasteiger partial charge in [0.2, 0.25) is 0 Å². The van der Waals surface area contributed by atoms with Gasteiger partial charge >= 0.3 is 5.97 Å². The molecule has 4 rings (SSSR count). The zero-order valence-electron chi connectivity index (χ0n) is 16.2. The van der Waals surface area contributed by atoms with E-state index >= 15 is 0 Å². The number of esters is 1. The van der Waals surface area contributed by atoms with Crippen LogP contribution in [0.3, 0.4) is 0 Å². The topological polar surface area (TPSA) is 96.5 Å². The van der Waals surface area contributed by atoms with Crippen molar-refractivity contribution < 1.29 is 18.8 Å². The molecule has 0 saturated carbocycles. The molecule has 0 amide bonds. The van der Waals surface area contributed by atoms with Crippen LogP contribution in [0.25, 0.3) is 10.9 Å². The van der Waals surface area contributed by atoms with E-state index in [4.69, 9.17) is 14.0 Å². The van der Waals surface area contributed by atoms with Crippen molar-refractivity contribution in [2.24, 2.45) is 0 Å². The Bertz CT molecular complexity index is 1100. The van der Waals surface area contributed by atoms with Crippen LogP contribution in [0.15, 0.2) is 38.7 Å². The van der Waals surface area contributed by atoms with Gasteiger partial charge in [-0.1, -0.05) is 16.9 Å². The zero-order valence-corrected chi connectivity index (χ0v) is 17.0. The Morgan fingerprint density at radius 3 is 2.93 bits per heavy atom. The number of carbonyl (C=O) groups is 1. The van der Waals surface area contributed by atoms with Crippen molar-refractivity contribution >= 4 is 28.6 Å². The number of fused-ring (bicyclic) bond motifs is 1. The van der Waals surface area contributed by atoms with Crippen LogP contribution in [0.1, 0.15) is 34.7 Å². The Kier molecular flexibility index (Phi) is 5.68. The highest BCUT2D eigenvalue weighted by Gasteiger charge is 2.21. The van der Waals surface area contributed by atoms with Gasteiger partial charge in [-0.25, -0.2) is 9.78 Å². The molecular formula is C20H21N3O5S. The maximum absolute atomic E-state index is 13.2. The minimum atomic E-state index is -0.468. The van der Waals surface area contributed by atoms with Crippen molar-refractivity contribution in [1.82, 2.24) is 14.7 Å². The monoisotopic (exact) mass is 415 g/mol. The molecule has 0 bridgehead atoms. The summed E-state index contributed by atoms with van der Waals surface area (Å²) in [6.07, 6.45) is 1.90. The van der Waals surface area contributed by atoms with Gasteiger partial charge in [0.25, 0.3) is 5.56 Å². The summed E-state index contributed by atoms with van der Waals surface area (Å²) in [6.45, 7) is 2.99. The number of hydrogen-bond donors (Lipinski definition) is 0. The fourth-order valence-electron chi connectivity index (χ4n) is 3.33. The Morgan fingerprint density at radius 1 is 1.38 bits per heavy atom. The van der Waals surface area contributed by atoms with Crippen molar-refractivity contribution in [2.75, 3.05) is 13.7 Å². The lowest BCUT2D eigenvalue weighted by Gasteiger charge is -2.16. The van der Waals surface area contributed by atoms with Crippen molar-refractivity contribution in [3.8, 4) is 0 Å². The summed E-state index contributed by atoms with van der Waals surface area (Å²) in [5.74, 6) is 0.772. The van der Waals surface area contributed by atoms with Crippen LogP contribution in [0.4, 0.5) is 0 Å². The molecule has 2 aromatic heterocycles. The van der Waals surface area contributed by atoms with Crippen molar-refractivity contribution in [3.05, 3.63) is 51.6 Å². The van der Waals surface area contributed by atoms with Crippen LogP contribution in [0.2, 0.25) is 0 Å². The first-order chi connectivity index (χ1) is 14.0. The lowest BCUT2D eigenvalue weighted by Crippen LogP contribution is -2.29. The highest BCUT2D eigenvalue weighted by molar-refractivity contribution is 7.98. The van der Waals surface area contributed by atoms with Crippen LogP contribution in [0.5, 0.6) is 0 Å².